The predicted molar refractivity (Wildman–Crippen MR) is 83.0 cm³/mol. The Kier molecular flexibility index (Phi) is 4.23. The van der Waals surface area contributed by atoms with Crippen LogP contribution in [-0.2, 0) is 11.3 Å². The fourth-order valence-corrected chi connectivity index (χ4v) is 3.29. The number of nitrogens with zero attached hydrogens (tertiary/aromatic N) is 2. The van der Waals surface area contributed by atoms with Crippen molar-refractivity contribution < 1.29 is 4.79 Å². The van der Waals surface area contributed by atoms with Crippen LogP contribution < -0.4 is 5.32 Å². The van der Waals surface area contributed by atoms with Crippen molar-refractivity contribution in [1.82, 2.24) is 14.7 Å². The number of amides is 1. The number of aromatic nitrogens is 2. The Morgan fingerprint density at radius 1 is 1.33 bits per heavy atom. The molecule has 0 aromatic carbocycles. The monoisotopic (exact) mass is 285 g/mol. The van der Waals surface area contributed by atoms with E-state index in [0.29, 0.717) is 18.9 Å². The molecular weight excluding hydrogens is 262 g/mol. The molecule has 1 aliphatic carbocycles. The molecule has 0 aliphatic heterocycles. The molecule has 0 saturated heterocycles. The van der Waals surface area contributed by atoms with Gasteiger partial charge in [0, 0.05) is 12.6 Å². The van der Waals surface area contributed by atoms with E-state index < -0.39 is 0 Å². The molecule has 112 valence electrons. The molecule has 0 unspecified atom stereocenters. The van der Waals surface area contributed by atoms with Gasteiger partial charge >= 0.3 is 0 Å². The Labute approximate surface area is 125 Å². The molecule has 0 radical (unpaired) electrons. The Bertz CT molecular complexity index is 626. The first-order valence-electron chi connectivity index (χ1n) is 7.93. The Balaban J connectivity index is 1.60. The summed E-state index contributed by atoms with van der Waals surface area (Å²) in [5.41, 5.74) is 2.99. The second-order valence-corrected chi connectivity index (χ2v) is 6.06. The average molecular weight is 285 g/mol. The van der Waals surface area contributed by atoms with Gasteiger partial charge in [0.05, 0.1) is 17.9 Å². The Hall–Kier alpha value is -1.84. The SMILES string of the molecule is Cc1nc2ccccn2c1CNC(=O)CC1CCCCC1. The zero-order valence-electron chi connectivity index (χ0n) is 12.6. The maximum Gasteiger partial charge on any atom is 0.220 e. The number of pyridine rings is 1. The van der Waals surface area contributed by atoms with Crippen LogP contribution in [0.2, 0.25) is 0 Å². The van der Waals surface area contributed by atoms with E-state index >= 15 is 0 Å². The van der Waals surface area contributed by atoms with Gasteiger partial charge in [-0.3, -0.25) is 4.79 Å². The van der Waals surface area contributed by atoms with Crippen molar-refractivity contribution in [3.05, 3.63) is 35.8 Å². The minimum atomic E-state index is 0.173. The molecule has 4 heteroatoms. The molecule has 2 heterocycles. The van der Waals surface area contributed by atoms with Gasteiger partial charge in [0.2, 0.25) is 5.91 Å². The van der Waals surface area contributed by atoms with Gasteiger partial charge in [-0.15, -0.1) is 0 Å². The molecule has 0 spiro atoms. The van der Waals surface area contributed by atoms with Crippen molar-refractivity contribution in [2.75, 3.05) is 0 Å². The van der Waals surface area contributed by atoms with E-state index in [1.165, 1.54) is 32.1 Å². The second kappa shape index (κ2) is 6.29. The van der Waals surface area contributed by atoms with E-state index in [0.717, 1.165) is 17.0 Å². The van der Waals surface area contributed by atoms with Gasteiger partial charge in [-0.05, 0) is 37.8 Å². The van der Waals surface area contributed by atoms with Crippen LogP contribution in [0.3, 0.4) is 0 Å². The third-order valence-corrected chi connectivity index (χ3v) is 4.48. The predicted octanol–water partition coefficient (Wildman–Crippen LogP) is 3.23. The minimum absolute atomic E-state index is 0.173. The molecule has 1 amide bonds. The molecule has 2 aromatic heterocycles. The molecule has 1 N–H and O–H groups in total. The number of nitrogens with one attached hydrogen (secondary N) is 1. The molecule has 0 bridgehead atoms. The molecule has 2 aromatic rings. The molecule has 4 nitrogen and oxygen atoms in total. The smallest absolute Gasteiger partial charge is 0.220 e. The number of carbonyl (C=O) groups excluding carboxylic acids is 1. The Morgan fingerprint density at radius 2 is 2.14 bits per heavy atom. The van der Waals surface area contributed by atoms with Crippen LogP contribution in [-0.4, -0.2) is 15.3 Å². The maximum absolute atomic E-state index is 12.1. The number of fused-ring (bicyclic) bond motifs is 1. The number of hydrogen-bond donors (Lipinski definition) is 1. The third-order valence-electron chi connectivity index (χ3n) is 4.48. The fraction of sp³-hybridized carbons (Fsp3) is 0.529. The molecule has 1 saturated carbocycles. The van der Waals surface area contributed by atoms with Crippen LogP contribution in [0, 0.1) is 12.8 Å². The second-order valence-electron chi connectivity index (χ2n) is 6.06. The fourth-order valence-electron chi connectivity index (χ4n) is 3.29. The summed E-state index contributed by atoms with van der Waals surface area (Å²) in [6.07, 6.45) is 8.99. The lowest BCUT2D eigenvalue weighted by Crippen LogP contribution is -2.26. The van der Waals surface area contributed by atoms with Gasteiger partial charge in [0.15, 0.2) is 0 Å². The average Bonchev–Trinajstić information content (AvgIpc) is 2.81. The van der Waals surface area contributed by atoms with Gasteiger partial charge in [-0.1, -0.05) is 25.3 Å². The lowest BCUT2D eigenvalue weighted by molar-refractivity contribution is -0.122. The van der Waals surface area contributed by atoms with E-state index in [2.05, 4.69) is 14.7 Å². The van der Waals surface area contributed by atoms with Crippen molar-refractivity contribution in [3.8, 4) is 0 Å². The highest BCUT2D eigenvalue weighted by Crippen LogP contribution is 2.26. The summed E-state index contributed by atoms with van der Waals surface area (Å²) in [7, 11) is 0. The van der Waals surface area contributed by atoms with Gasteiger partial charge in [-0.25, -0.2) is 4.98 Å². The zero-order valence-corrected chi connectivity index (χ0v) is 12.6. The molecule has 3 rings (SSSR count). The highest BCUT2D eigenvalue weighted by atomic mass is 16.1. The quantitative estimate of drug-likeness (QED) is 0.937. The van der Waals surface area contributed by atoms with Crippen molar-refractivity contribution in [1.29, 1.82) is 0 Å². The van der Waals surface area contributed by atoms with Crippen LogP contribution in [0.25, 0.3) is 5.65 Å². The van der Waals surface area contributed by atoms with Gasteiger partial charge in [0.1, 0.15) is 5.65 Å². The summed E-state index contributed by atoms with van der Waals surface area (Å²) >= 11 is 0. The lowest BCUT2D eigenvalue weighted by atomic mass is 9.87. The molecular formula is C17H23N3O. The number of carbonyl (C=O) groups is 1. The number of imidazole rings is 1. The first-order valence-corrected chi connectivity index (χ1v) is 7.93. The molecule has 0 atom stereocenters. The van der Waals surface area contributed by atoms with Crippen LogP contribution in [0.1, 0.15) is 49.9 Å². The van der Waals surface area contributed by atoms with Crippen LogP contribution in [0.15, 0.2) is 24.4 Å². The summed E-state index contributed by atoms with van der Waals surface area (Å²) in [6.45, 7) is 2.55. The summed E-state index contributed by atoms with van der Waals surface area (Å²) in [5.74, 6) is 0.759. The highest BCUT2D eigenvalue weighted by Gasteiger charge is 2.17. The van der Waals surface area contributed by atoms with Crippen molar-refractivity contribution in [2.24, 2.45) is 5.92 Å². The zero-order chi connectivity index (χ0) is 14.7. The van der Waals surface area contributed by atoms with E-state index in [9.17, 15) is 4.79 Å². The summed E-state index contributed by atoms with van der Waals surface area (Å²) in [4.78, 5) is 16.6. The lowest BCUT2D eigenvalue weighted by Gasteiger charge is -2.20. The van der Waals surface area contributed by atoms with Gasteiger partial charge < -0.3 is 9.72 Å². The van der Waals surface area contributed by atoms with Crippen LogP contribution in [0.5, 0.6) is 0 Å². The Morgan fingerprint density at radius 3 is 2.95 bits per heavy atom. The summed E-state index contributed by atoms with van der Waals surface area (Å²) in [6, 6.07) is 5.95. The molecule has 1 fully saturated rings. The van der Waals surface area contributed by atoms with E-state index in [1.54, 1.807) is 0 Å². The first-order chi connectivity index (χ1) is 10.2. The minimum Gasteiger partial charge on any atom is -0.350 e. The topological polar surface area (TPSA) is 46.4 Å². The molecule has 1 aliphatic rings. The van der Waals surface area contributed by atoms with E-state index in [1.807, 2.05) is 31.3 Å². The summed E-state index contributed by atoms with van der Waals surface area (Å²) < 4.78 is 2.05. The summed E-state index contributed by atoms with van der Waals surface area (Å²) in [5, 5.41) is 3.07. The van der Waals surface area contributed by atoms with Crippen molar-refractivity contribution >= 4 is 11.6 Å². The van der Waals surface area contributed by atoms with E-state index in [4.69, 9.17) is 0 Å². The van der Waals surface area contributed by atoms with Crippen LogP contribution in [0.4, 0.5) is 0 Å². The standard InChI is InChI=1S/C17H23N3O/c1-13-15(20-10-6-5-9-16(20)19-13)12-18-17(21)11-14-7-3-2-4-8-14/h5-6,9-10,14H,2-4,7-8,11-12H2,1H3,(H,18,21). The normalized spacial score (nSPS) is 16.2. The van der Waals surface area contributed by atoms with Gasteiger partial charge in [-0.2, -0.15) is 0 Å². The number of aryl methyl sites for hydroxylation is 1. The number of hydrogen-bond acceptors (Lipinski definition) is 2. The van der Waals surface area contributed by atoms with Crippen LogP contribution >= 0.6 is 0 Å². The third kappa shape index (κ3) is 3.26. The maximum atomic E-state index is 12.1. The first kappa shape index (κ1) is 14.1. The van der Waals surface area contributed by atoms with Gasteiger partial charge in [0.25, 0.3) is 0 Å². The molecule has 21 heavy (non-hydrogen) atoms. The van der Waals surface area contributed by atoms with Crippen molar-refractivity contribution in [3.63, 3.8) is 0 Å². The van der Waals surface area contributed by atoms with E-state index in [-0.39, 0.29) is 5.91 Å². The number of rotatable bonds is 4. The largest absolute Gasteiger partial charge is 0.350 e. The van der Waals surface area contributed by atoms with Crippen molar-refractivity contribution in [2.45, 2.75) is 52.0 Å². The highest BCUT2D eigenvalue weighted by molar-refractivity contribution is 5.76.